The second-order valence-corrected chi connectivity index (χ2v) is 7.68. The van der Waals surface area contributed by atoms with Gasteiger partial charge in [-0.1, -0.05) is 13.3 Å². The summed E-state index contributed by atoms with van der Waals surface area (Å²) in [6, 6.07) is 3.08. The molecule has 1 aromatic heterocycles. The summed E-state index contributed by atoms with van der Waals surface area (Å²) in [4.78, 5) is 12.9. The second-order valence-electron chi connectivity index (χ2n) is 5.45. The van der Waals surface area contributed by atoms with Gasteiger partial charge in [0, 0.05) is 6.04 Å². The highest BCUT2D eigenvalue weighted by Gasteiger charge is 2.32. The fourth-order valence-electron chi connectivity index (χ4n) is 2.59. The number of hydrogen-bond acceptors (Lipinski definition) is 5. The molecule has 0 spiro atoms. The first-order valence-corrected chi connectivity index (χ1v) is 9.00. The van der Waals surface area contributed by atoms with Gasteiger partial charge in [0.05, 0.1) is 18.1 Å². The number of furan rings is 1. The normalized spacial score (nSPS) is 21.0. The van der Waals surface area contributed by atoms with Crippen LogP contribution in [0.2, 0.25) is 0 Å². The van der Waals surface area contributed by atoms with Crippen molar-refractivity contribution in [2.24, 2.45) is 0 Å². The predicted octanol–water partition coefficient (Wildman–Crippen LogP) is 1.77. The van der Waals surface area contributed by atoms with Gasteiger partial charge in [0.25, 0.3) is 0 Å². The molecule has 1 aliphatic rings. The topological polar surface area (TPSA) is 87.8 Å². The van der Waals surface area contributed by atoms with Crippen molar-refractivity contribution >= 4 is 15.8 Å². The molecule has 0 saturated carbocycles. The van der Waals surface area contributed by atoms with Gasteiger partial charge < -0.3 is 9.52 Å². The molecule has 1 aromatic rings. The van der Waals surface area contributed by atoms with Gasteiger partial charge in [0.1, 0.15) is 5.76 Å². The van der Waals surface area contributed by atoms with E-state index in [2.05, 4.69) is 11.8 Å². The molecule has 1 N–H and O–H groups in total. The Morgan fingerprint density at radius 3 is 2.76 bits per heavy atom. The Hall–Kier alpha value is -1.34. The average molecular weight is 315 g/mol. The van der Waals surface area contributed by atoms with Crippen LogP contribution in [0.4, 0.5) is 0 Å². The van der Waals surface area contributed by atoms with Gasteiger partial charge in [-0.15, -0.1) is 0 Å². The third-order valence-electron chi connectivity index (χ3n) is 3.76. The van der Waals surface area contributed by atoms with E-state index in [0.29, 0.717) is 18.7 Å². The third kappa shape index (κ3) is 4.31. The van der Waals surface area contributed by atoms with Crippen LogP contribution in [0, 0.1) is 0 Å². The molecule has 0 amide bonds. The Kier molecular flexibility index (Phi) is 5.05. The zero-order valence-corrected chi connectivity index (χ0v) is 12.9. The van der Waals surface area contributed by atoms with E-state index in [9.17, 15) is 13.2 Å². The van der Waals surface area contributed by atoms with E-state index in [4.69, 9.17) is 9.52 Å². The van der Waals surface area contributed by atoms with Crippen molar-refractivity contribution in [3.63, 3.8) is 0 Å². The number of carboxylic acids is 1. The average Bonchev–Trinajstić information content (AvgIpc) is 3.01. The van der Waals surface area contributed by atoms with E-state index in [0.717, 1.165) is 19.4 Å². The van der Waals surface area contributed by atoms with Gasteiger partial charge in [0.2, 0.25) is 5.76 Å². The maximum absolute atomic E-state index is 11.6. The molecule has 0 aliphatic carbocycles. The summed E-state index contributed by atoms with van der Waals surface area (Å²) in [5.74, 6) is -0.195. The molecule has 1 unspecified atom stereocenters. The highest BCUT2D eigenvalue weighted by atomic mass is 32.2. The third-order valence-corrected chi connectivity index (χ3v) is 5.51. The number of unbranched alkanes of at least 4 members (excludes halogenated alkanes) is 1. The van der Waals surface area contributed by atoms with Gasteiger partial charge >= 0.3 is 5.97 Å². The lowest BCUT2D eigenvalue weighted by atomic mass is 10.2. The second kappa shape index (κ2) is 6.62. The molecule has 6 nitrogen and oxygen atoms in total. The Balaban J connectivity index is 2.06. The zero-order valence-electron chi connectivity index (χ0n) is 12.1. The number of rotatable bonds is 7. The summed E-state index contributed by atoms with van der Waals surface area (Å²) in [6.07, 6.45) is 2.64. The predicted molar refractivity (Wildman–Crippen MR) is 78.0 cm³/mol. The number of sulfone groups is 1. The Morgan fingerprint density at radius 2 is 2.24 bits per heavy atom. The van der Waals surface area contributed by atoms with Crippen LogP contribution in [0.15, 0.2) is 16.5 Å². The molecule has 1 fully saturated rings. The van der Waals surface area contributed by atoms with Gasteiger partial charge in [-0.05, 0) is 31.5 Å². The molecule has 7 heteroatoms. The standard InChI is InChI=1S/C14H21NO5S/c1-2-3-7-15(11-6-8-21(18,19)10-11)9-12-4-5-13(20-12)14(16)17/h4-5,11H,2-3,6-10H2,1H3,(H,16,17). The largest absolute Gasteiger partial charge is 0.475 e. The summed E-state index contributed by atoms with van der Waals surface area (Å²) >= 11 is 0. The van der Waals surface area contributed by atoms with E-state index in [-0.39, 0.29) is 23.3 Å². The SMILES string of the molecule is CCCCN(Cc1ccc(C(=O)O)o1)C1CCS(=O)(=O)C1. The zero-order chi connectivity index (χ0) is 15.5. The number of nitrogens with zero attached hydrogens (tertiary/aromatic N) is 1. The molecule has 0 bridgehead atoms. The fourth-order valence-corrected chi connectivity index (χ4v) is 4.35. The summed E-state index contributed by atoms with van der Waals surface area (Å²) in [5.41, 5.74) is 0. The minimum Gasteiger partial charge on any atom is -0.475 e. The fraction of sp³-hybridized carbons (Fsp3) is 0.643. The van der Waals surface area contributed by atoms with Crippen molar-refractivity contribution in [2.75, 3.05) is 18.1 Å². The Morgan fingerprint density at radius 1 is 1.48 bits per heavy atom. The Labute approximate surface area is 124 Å². The smallest absolute Gasteiger partial charge is 0.371 e. The van der Waals surface area contributed by atoms with Crippen LogP contribution in [0.1, 0.15) is 42.5 Å². The number of aromatic carboxylic acids is 1. The molecule has 2 heterocycles. The minimum atomic E-state index is -2.93. The summed E-state index contributed by atoms with van der Waals surface area (Å²) in [6.45, 7) is 3.33. The van der Waals surface area contributed by atoms with E-state index in [1.165, 1.54) is 6.07 Å². The van der Waals surface area contributed by atoms with Crippen LogP contribution < -0.4 is 0 Å². The highest BCUT2D eigenvalue weighted by molar-refractivity contribution is 7.91. The first-order valence-electron chi connectivity index (χ1n) is 7.18. The molecule has 1 saturated heterocycles. The van der Waals surface area contributed by atoms with E-state index < -0.39 is 15.8 Å². The van der Waals surface area contributed by atoms with Crippen LogP contribution in [0.25, 0.3) is 0 Å². The van der Waals surface area contributed by atoms with Crippen LogP contribution >= 0.6 is 0 Å². The van der Waals surface area contributed by atoms with E-state index in [1.807, 2.05) is 0 Å². The molecular weight excluding hydrogens is 294 g/mol. The highest BCUT2D eigenvalue weighted by Crippen LogP contribution is 2.21. The summed E-state index contributed by atoms with van der Waals surface area (Å²) in [5, 5.41) is 8.87. The van der Waals surface area contributed by atoms with E-state index >= 15 is 0 Å². The van der Waals surface area contributed by atoms with Gasteiger partial charge in [0.15, 0.2) is 9.84 Å². The van der Waals surface area contributed by atoms with Crippen LogP contribution in [0.5, 0.6) is 0 Å². The maximum atomic E-state index is 11.6. The lowest BCUT2D eigenvalue weighted by Crippen LogP contribution is -2.36. The molecule has 21 heavy (non-hydrogen) atoms. The maximum Gasteiger partial charge on any atom is 0.371 e. The first-order chi connectivity index (χ1) is 9.91. The molecule has 1 atom stereocenters. The number of hydrogen-bond donors (Lipinski definition) is 1. The summed E-state index contributed by atoms with van der Waals surface area (Å²) in [7, 11) is -2.93. The van der Waals surface area contributed by atoms with Crippen molar-refractivity contribution in [3.05, 3.63) is 23.7 Å². The van der Waals surface area contributed by atoms with Crippen molar-refractivity contribution in [3.8, 4) is 0 Å². The molecule has 1 aliphatic heterocycles. The molecule has 2 rings (SSSR count). The molecule has 0 aromatic carbocycles. The Bertz CT molecular complexity index is 592. The van der Waals surface area contributed by atoms with Crippen molar-refractivity contribution in [1.29, 1.82) is 0 Å². The van der Waals surface area contributed by atoms with Crippen LogP contribution in [-0.4, -0.2) is 48.5 Å². The molecular formula is C14H21NO5S. The van der Waals surface area contributed by atoms with Gasteiger partial charge in [-0.3, -0.25) is 4.90 Å². The number of carboxylic acid groups (broad SMARTS) is 1. The van der Waals surface area contributed by atoms with Gasteiger partial charge in [-0.25, -0.2) is 13.2 Å². The number of carbonyl (C=O) groups is 1. The monoisotopic (exact) mass is 315 g/mol. The van der Waals surface area contributed by atoms with E-state index in [1.54, 1.807) is 6.07 Å². The lowest BCUT2D eigenvalue weighted by molar-refractivity contribution is 0.0657. The first kappa shape index (κ1) is 16.0. The van der Waals surface area contributed by atoms with Gasteiger partial charge in [-0.2, -0.15) is 0 Å². The van der Waals surface area contributed by atoms with Crippen molar-refractivity contribution in [2.45, 2.75) is 38.8 Å². The quantitative estimate of drug-likeness (QED) is 0.825. The summed E-state index contributed by atoms with van der Waals surface area (Å²) < 4.78 is 28.6. The molecule has 118 valence electrons. The van der Waals surface area contributed by atoms with Crippen molar-refractivity contribution in [1.82, 2.24) is 4.90 Å². The molecule has 0 radical (unpaired) electrons. The van der Waals surface area contributed by atoms with Crippen LogP contribution in [0.3, 0.4) is 0 Å². The minimum absolute atomic E-state index is 0.0000666. The lowest BCUT2D eigenvalue weighted by Gasteiger charge is -2.26. The van der Waals surface area contributed by atoms with Crippen LogP contribution in [-0.2, 0) is 16.4 Å². The van der Waals surface area contributed by atoms with Crippen molar-refractivity contribution < 1.29 is 22.7 Å².